The molecule has 72 valence electrons. The first kappa shape index (κ1) is 10.0. The van der Waals surface area contributed by atoms with Crippen LogP contribution in [0, 0.1) is 5.92 Å². The van der Waals surface area contributed by atoms with Gasteiger partial charge in [-0.1, -0.05) is 13.8 Å². The molecule has 0 aliphatic carbocycles. The Hall–Kier alpha value is -0.0800. The zero-order chi connectivity index (χ0) is 8.97. The fourth-order valence-corrected chi connectivity index (χ4v) is 1.49. The molecule has 0 amide bonds. The topological polar surface area (TPSA) is 21.3 Å². The molecular formula is C10H21NO. The third kappa shape index (κ3) is 3.55. The average Bonchev–Trinajstić information content (AvgIpc) is 2.35. The SMILES string of the molecule is CC(C)CCOC1CNC(C)C1. The second-order valence-electron chi connectivity index (χ2n) is 4.22. The second-order valence-corrected chi connectivity index (χ2v) is 4.22. The Morgan fingerprint density at radius 2 is 2.25 bits per heavy atom. The molecule has 1 aliphatic heterocycles. The molecule has 1 aliphatic rings. The minimum absolute atomic E-state index is 0.471. The van der Waals surface area contributed by atoms with Gasteiger partial charge in [0.25, 0.3) is 0 Å². The average molecular weight is 171 g/mol. The first-order valence-corrected chi connectivity index (χ1v) is 5.03. The van der Waals surface area contributed by atoms with Crippen LogP contribution in [0.5, 0.6) is 0 Å². The summed E-state index contributed by atoms with van der Waals surface area (Å²) in [4.78, 5) is 0. The molecule has 2 heteroatoms. The van der Waals surface area contributed by atoms with Crippen molar-refractivity contribution in [2.75, 3.05) is 13.2 Å². The lowest BCUT2D eigenvalue weighted by atomic mass is 10.1. The number of hydrogen-bond donors (Lipinski definition) is 1. The van der Waals surface area contributed by atoms with E-state index >= 15 is 0 Å². The highest BCUT2D eigenvalue weighted by molar-refractivity contribution is 4.78. The van der Waals surface area contributed by atoms with E-state index in [0.29, 0.717) is 12.1 Å². The van der Waals surface area contributed by atoms with Gasteiger partial charge in [-0.05, 0) is 25.7 Å². The van der Waals surface area contributed by atoms with Crippen molar-refractivity contribution in [2.24, 2.45) is 5.92 Å². The van der Waals surface area contributed by atoms with Crippen molar-refractivity contribution in [2.45, 2.75) is 45.8 Å². The lowest BCUT2D eigenvalue weighted by Gasteiger charge is -2.11. The molecule has 0 radical (unpaired) electrons. The van der Waals surface area contributed by atoms with Crippen LogP contribution in [-0.4, -0.2) is 25.3 Å². The van der Waals surface area contributed by atoms with Crippen LogP contribution in [0.4, 0.5) is 0 Å². The third-order valence-corrected chi connectivity index (χ3v) is 2.36. The number of ether oxygens (including phenoxy) is 1. The molecule has 0 bridgehead atoms. The molecule has 1 saturated heterocycles. The predicted molar refractivity (Wildman–Crippen MR) is 51.3 cm³/mol. The number of hydrogen-bond acceptors (Lipinski definition) is 2. The summed E-state index contributed by atoms with van der Waals surface area (Å²) in [5.74, 6) is 0.761. The van der Waals surface area contributed by atoms with E-state index in [-0.39, 0.29) is 0 Å². The van der Waals surface area contributed by atoms with Crippen molar-refractivity contribution in [1.29, 1.82) is 0 Å². The van der Waals surface area contributed by atoms with Crippen LogP contribution >= 0.6 is 0 Å². The molecule has 2 atom stereocenters. The fourth-order valence-electron chi connectivity index (χ4n) is 1.49. The van der Waals surface area contributed by atoms with Crippen molar-refractivity contribution in [3.63, 3.8) is 0 Å². The summed E-state index contributed by atoms with van der Waals surface area (Å²) in [5, 5.41) is 3.38. The van der Waals surface area contributed by atoms with Crippen LogP contribution in [0.2, 0.25) is 0 Å². The van der Waals surface area contributed by atoms with E-state index in [1.54, 1.807) is 0 Å². The maximum Gasteiger partial charge on any atom is 0.0714 e. The van der Waals surface area contributed by atoms with Crippen LogP contribution in [0.1, 0.15) is 33.6 Å². The van der Waals surface area contributed by atoms with Crippen LogP contribution < -0.4 is 5.32 Å². The van der Waals surface area contributed by atoms with E-state index in [1.807, 2.05) is 0 Å². The van der Waals surface area contributed by atoms with E-state index in [2.05, 4.69) is 26.1 Å². The molecular weight excluding hydrogens is 150 g/mol. The summed E-state index contributed by atoms with van der Waals surface area (Å²) in [6.45, 7) is 8.65. The van der Waals surface area contributed by atoms with E-state index in [1.165, 1.54) is 12.8 Å². The fraction of sp³-hybridized carbons (Fsp3) is 1.00. The first-order valence-electron chi connectivity index (χ1n) is 5.03. The minimum Gasteiger partial charge on any atom is -0.377 e. The van der Waals surface area contributed by atoms with Crippen molar-refractivity contribution < 1.29 is 4.74 Å². The number of nitrogens with one attached hydrogen (secondary N) is 1. The maximum atomic E-state index is 5.72. The Labute approximate surface area is 75.7 Å². The Morgan fingerprint density at radius 1 is 1.50 bits per heavy atom. The summed E-state index contributed by atoms with van der Waals surface area (Å²) in [7, 11) is 0. The molecule has 1 fully saturated rings. The molecule has 0 aromatic rings. The molecule has 0 saturated carbocycles. The summed E-state index contributed by atoms with van der Waals surface area (Å²) >= 11 is 0. The van der Waals surface area contributed by atoms with Crippen molar-refractivity contribution >= 4 is 0 Å². The lowest BCUT2D eigenvalue weighted by Crippen LogP contribution is -2.19. The standard InChI is InChI=1S/C10H21NO/c1-8(2)4-5-12-10-6-9(3)11-7-10/h8-11H,4-7H2,1-3H3. The van der Waals surface area contributed by atoms with Gasteiger partial charge in [-0.25, -0.2) is 0 Å². The van der Waals surface area contributed by atoms with Gasteiger partial charge in [0, 0.05) is 19.2 Å². The normalized spacial score (nSPS) is 30.0. The van der Waals surface area contributed by atoms with Gasteiger partial charge in [-0.2, -0.15) is 0 Å². The lowest BCUT2D eigenvalue weighted by molar-refractivity contribution is 0.0585. The molecule has 12 heavy (non-hydrogen) atoms. The van der Waals surface area contributed by atoms with Gasteiger partial charge in [0.1, 0.15) is 0 Å². The van der Waals surface area contributed by atoms with Crippen molar-refractivity contribution in [3.05, 3.63) is 0 Å². The zero-order valence-corrected chi connectivity index (χ0v) is 8.47. The van der Waals surface area contributed by atoms with Gasteiger partial charge in [0.05, 0.1) is 6.10 Å². The third-order valence-electron chi connectivity index (χ3n) is 2.36. The van der Waals surface area contributed by atoms with E-state index in [4.69, 9.17) is 4.74 Å². The highest BCUT2D eigenvalue weighted by Gasteiger charge is 2.20. The Morgan fingerprint density at radius 3 is 2.75 bits per heavy atom. The van der Waals surface area contributed by atoms with E-state index < -0.39 is 0 Å². The Balaban J connectivity index is 2.00. The summed E-state index contributed by atoms with van der Waals surface area (Å²) in [6.07, 6.45) is 2.84. The van der Waals surface area contributed by atoms with Crippen LogP contribution in [-0.2, 0) is 4.74 Å². The van der Waals surface area contributed by atoms with Gasteiger partial charge in [-0.3, -0.25) is 0 Å². The van der Waals surface area contributed by atoms with Gasteiger partial charge in [-0.15, -0.1) is 0 Å². The van der Waals surface area contributed by atoms with E-state index in [9.17, 15) is 0 Å². The highest BCUT2D eigenvalue weighted by Crippen LogP contribution is 2.10. The number of rotatable bonds is 4. The molecule has 1 rings (SSSR count). The molecule has 2 unspecified atom stereocenters. The van der Waals surface area contributed by atoms with Crippen LogP contribution in [0.3, 0.4) is 0 Å². The Bertz CT molecular complexity index is 125. The monoisotopic (exact) mass is 171 g/mol. The van der Waals surface area contributed by atoms with Crippen molar-refractivity contribution in [3.8, 4) is 0 Å². The summed E-state index contributed by atoms with van der Waals surface area (Å²) < 4.78 is 5.72. The van der Waals surface area contributed by atoms with Gasteiger partial charge in [0.15, 0.2) is 0 Å². The quantitative estimate of drug-likeness (QED) is 0.696. The van der Waals surface area contributed by atoms with Crippen molar-refractivity contribution in [1.82, 2.24) is 5.32 Å². The highest BCUT2D eigenvalue weighted by atomic mass is 16.5. The largest absolute Gasteiger partial charge is 0.377 e. The molecule has 1 N–H and O–H groups in total. The molecule has 0 spiro atoms. The Kier molecular flexibility index (Phi) is 4.02. The maximum absolute atomic E-state index is 5.72. The first-order chi connectivity index (χ1) is 5.68. The molecule has 2 nitrogen and oxygen atoms in total. The second kappa shape index (κ2) is 4.83. The van der Waals surface area contributed by atoms with Gasteiger partial charge in [0.2, 0.25) is 0 Å². The van der Waals surface area contributed by atoms with Crippen LogP contribution in [0.25, 0.3) is 0 Å². The van der Waals surface area contributed by atoms with Gasteiger partial charge < -0.3 is 10.1 Å². The molecule has 0 aromatic heterocycles. The zero-order valence-electron chi connectivity index (χ0n) is 8.47. The summed E-state index contributed by atoms with van der Waals surface area (Å²) in [5.41, 5.74) is 0. The molecule has 0 aromatic carbocycles. The summed E-state index contributed by atoms with van der Waals surface area (Å²) in [6, 6.07) is 0.647. The predicted octanol–water partition coefficient (Wildman–Crippen LogP) is 1.80. The molecule has 1 heterocycles. The van der Waals surface area contributed by atoms with Crippen LogP contribution in [0.15, 0.2) is 0 Å². The van der Waals surface area contributed by atoms with Gasteiger partial charge >= 0.3 is 0 Å². The minimum atomic E-state index is 0.471. The van der Waals surface area contributed by atoms with E-state index in [0.717, 1.165) is 19.1 Å². The smallest absolute Gasteiger partial charge is 0.0714 e.